The second-order valence-electron chi connectivity index (χ2n) is 11.5. The lowest BCUT2D eigenvalue weighted by atomic mass is 9.79. The van der Waals surface area contributed by atoms with Crippen LogP contribution in [0.3, 0.4) is 0 Å². The molecule has 5 rings (SSSR count). The molecule has 0 spiro atoms. The van der Waals surface area contributed by atoms with Crippen molar-refractivity contribution < 1.29 is 0 Å². The molecule has 4 nitrogen and oxygen atoms in total. The second-order valence-corrected chi connectivity index (χ2v) is 11.9. The fourth-order valence-electron chi connectivity index (χ4n) is 6.48. The zero-order valence-electron chi connectivity index (χ0n) is 25.3. The van der Waals surface area contributed by atoms with Gasteiger partial charge in [-0.05, 0) is 74.6 Å². The molecular weight excluding hydrogens is 524 g/mol. The average molecular weight is 567 g/mol. The van der Waals surface area contributed by atoms with Crippen molar-refractivity contribution in [3.63, 3.8) is 0 Å². The van der Waals surface area contributed by atoms with Gasteiger partial charge < -0.3 is 0 Å². The predicted molar refractivity (Wildman–Crippen MR) is 174 cm³/mol. The van der Waals surface area contributed by atoms with Gasteiger partial charge in [0.1, 0.15) is 0 Å². The van der Waals surface area contributed by atoms with E-state index in [1.54, 1.807) is 0 Å². The summed E-state index contributed by atoms with van der Waals surface area (Å²) in [6, 6.07) is 14.0. The molecule has 0 N–H and O–H groups in total. The van der Waals surface area contributed by atoms with Crippen molar-refractivity contribution in [1.29, 1.82) is 0 Å². The van der Waals surface area contributed by atoms with Gasteiger partial charge in [0.15, 0.2) is 0 Å². The van der Waals surface area contributed by atoms with Crippen LogP contribution in [0.5, 0.6) is 0 Å². The van der Waals surface area contributed by atoms with Crippen LogP contribution in [-0.2, 0) is 13.0 Å². The number of allylic oxidation sites excluding steroid dienone is 3. The van der Waals surface area contributed by atoms with E-state index in [4.69, 9.17) is 26.6 Å². The fraction of sp³-hybridized carbons (Fsp3) is 0.417. The number of fused-ring (bicyclic) bond motifs is 2. The predicted octanol–water partition coefficient (Wildman–Crippen LogP) is 9.64. The van der Waals surface area contributed by atoms with Gasteiger partial charge in [-0.3, -0.25) is 14.9 Å². The minimum absolute atomic E-state index is 0.697. The number of halogens is 1. The highest BCUT2D eigenvalue weighted by molar-refractivity contribution is 6.36. The quantitative estimate of drug-likeness (QED) is 0.229. The van der Waals surface area contributed by atoms with Crippen LogP contribution < -0.4 is 0 Å². The van der Waals surface area contributed by atoms with Crippen LogP contribution >= 0.6 is 11.6 Å². The number of aromatic nitrogens is 2. The first-order valence-corrected chi connectivity index (χ1v) is 15.6. The molecule has 2 fully saturated rings. The normalized spacial score (nSPS) is 19.3. The average Bonchev–Trinajstić information content (AvgIpc) is 3.00. The lowest BCUT2D eigenvalue weighted by Gasteiger charge is -2.53. The second kappa shape index (κ2) is 12.8. The summed E-state index contributed by atoms with van der Waals surface area (Å²) in [5.74, 6) is 0. The van der Waals surface area contributed by atoms with E-state index in [1.165, 1.54) is 31.3 Å². The molecule has 2 aliphatic heterocycles. The summed E-state index contributed by atoms with van der Waals surface area (Å²) >= 11 is 7.14. The van der Waals surface area contributed by atoms with Crippen LogP contribution in [0.2, 0.25) is 5.02 Å². The highest BCUT2D eigenvalue weighted by Crippen LogP contribution is 2.40. The minimum atomic E-state index is 0.697. The molecule has 3 aromatic rings. The van der Waals surface area contributed by atoms with E-state index in [-0.39, 0.29) is 0 Å². The van der Waals surface area contributed by atoms with Crippen LogP contribution in [-0.4, -0.2) is 33.2 Å². The lowest BCUT2D eigenvalue weighted by Crippen LogP contribution is -2.58. The highest BCUT2D eigenvalue weighted by atomic mass is 35.5. The molecule has 0 radical (unpaired) electrons. The van der Waals surface area contributed by atoms with Gasteiger partial charge in [-0.1, -0.05) is 87.3 Å². The Kier molecular flexibility index (Phi) is 9.21. The van der Waals surface area contributed by atoms with Gasteiger partial charge in [0.05, 0.1) is 28.3 Å². The van der Waals surface area contributed by atoms with Crippen LogP contribution in [0.4, 0.5) is 0 Å². The monoisotopic (exact) mass is 566 g/mol. The number of aryl methyl sites for hydroxylation is 1. The van der Waals surface area contributed by atoms with Crippen molar-refractivity contribution >= 4 is 23.4 Å². The topological polar surface area (TPSA) is 41.4 Å². The van der Waals surface area contributed by atoms with Gasteiger partial charge in [0.25, 0.3) is 0 Å². The Morgan fingerprint density at radius 2 is 1.73 bits per heavy atom. The molecule has 2 atom stereocenters. The molecular formula is C36H43ClN4. The Hall–Kier alpha value is -3.08. The summed E-state index contributed by atoms with van der Waals surface area (Å²) in [6.45, 7) is 16.0. The highest BCUT2D eigenvalue weighted by Gasteiger charge is 2.41. The zero-order valence-corrected chi connectivity index (χ0v) is 26.1. The van der Waals surface area contributed by atoms with Crippen molar-refractivity contribution in [3.8, 4) is 22.4 Å². The van der Waals surface area contributed by atoms with Gasteiger partial charge >= 0.3 is 0 Å². The minimum Gasteiger partial charge on any atom is -0.291 e. The standard InChI is InChI=1S/C36H43ClN4/c1-7-23(4)32(8-2)38-20-24(5)28-15-11-16-29(25(28)6)30-17-12-18-31(36(30)37)34-21-39-35(33(9-3)40-34)22-41-26-13-10-14-27(41)19-26/h11-12,15-18,20-21,26-27H,5,7-10,13-14,19,22H2,1-4,6H3/b32-23+,38-20?. The van der Waals surface area contributed by atoms with Gasteiger partial charge in [-0.25, -0.2) is 4.98 Å². The number of nitrogens with zero attached hydrogens (tertiary/aromatic N) is 4. The van der Waals surface area contributed by atoms with Gasteiger partial charge in [0, 0.05) is 41.7 Å². The van der Waals surface area contributed by atoms with Crippen molar-refractivity contribution in [2.45, 2.75) is 98.2 Å². The summed E-state index contributed by atoms with van der Waals surface area (Å²) in [6.07, 6.45) is 11.9. The maximum Gasteiger partial charge on any atom is 0.0903 e. The summed E-state index contributed by atoms with van der Waals surface area (Å²) in [5.41, 5.74) is 11.5. The Balaban J connectivity index is 1.43. The third kappa shape index (κ3) is 5.96. The van der Waals surface area contributed by atoms with Crippen LogP contribution in [0.1, 0.15) is 88.7 Å². The summed E-state index contributed by atoms with van der Waals surface area (Å²) < 4.78 is 0. The molecule has 2 aromatic carbocycles. The third-order valence-electron chi connectivity index (χ3n) is 9.13. The molecule has 3 heterocycles. The van der Waals surface area contributed by atoms with Gasteiger partial charge in [-0.2, -0.15) is 0 Å². The molecule has 0 aliphatic carbocycles. The first kappa shape index (κ1) is 29.4. The van der Waals surface area contributed by atoms with E-state index in [2.05, 4.69) is 76.4 Å². The van der Waals surface area contributed by atoms with E-state index < -0.39 is 0 Å². The molecule has 41 heavy (non-hydrogen) atoms. The van der Waals surface area contributed by atoms with Gasteiger partial charge in [0.2, 0.25) is 0 Å². The largest absolute Gasteiger partial charge is 0.291 e. The molecule has 0 saturated carbocycles. The molecule has 1 aromatic heterocycles. The summed E-state index contributed by atoms with van der Waals surface area (Å²) in [7, 11) is 0. The Labute approximate surface area is 251 Å². The van der Waals surface area contributed by atoms with E-state index in [1.807, 2.05) is 18.5 Å². The molecule has 0 amide bonds. The maximum absolute atomic E-state index is 7.14. The molecule has 214 valence electrons. The number of benzene rings is 2. The SMILES string of the molecule is C=C(C=N/C(CC)=C(\C)CC)c1cccc(-c2cccc(-c3cnc(CN4C5CCCC4C5)c(CC)n3)c2Cl)c1C. The molecule has 2 saturated heterocycles. The number of rotatable bonds is 10. The molecule has 2 unspecified atom stereocenters. The first-order chi connectivity index (χ1) is 19.9. The van der Waals surface area contributed by atoms with E-state index in [9.17, 15) is 0 Å². The van der Waals surface area contributed by atoms with Crippen molar-refractivity contribution in [3.05, 3.63) is 88.0 Å². The number of aliphatic imine (C=N–C) groups is 1. The van der Waals surface area contributed by atoms with Crippen LogP contribution in [0, 0.1) is 6.92 Å². The third-order valence-corrected chi connectivity index (χ3v) is 9.54. The first-order valence-electron chi connectivity index (χ1n) is 15.3. The van der Waals surface area contributed by atoms with E-state index in [0.717, 1.165) is 94.1 Å². The maximum atomic E-state index is 7.14. The Bertz CT molecular complexity index is 1490. The lowest BCUT2D eigenvalue weighted by molar-refractivity contribution is -0.0354. The molecule has 2 bridgehead atoms. The van der Waals surface area contributed by atoms with Gasteiger partial charge in [-0.15, -0.1) is 0 Å². The van der Waals surface area contributed by atoms with Crippen molar-refractivity contribution in [2.24, 2.45) is 4.99 Å². The number of hydrogen-bond donors (Lipinski definition) is 0. The Morgan fingerprint density at radius 1 is 1.02 bits per heavy atom. The summed E-state index contributed by atoms with van der Waals surface area (Å²) in [5, 5.41) is 0.697. The number of piperidine rings is 1. The smallest absolute Gasteiger partial charge is 0.0903 e. The molecule has 2 aliphatic rings. The van der Waals surface area contributed by atoms with Crippen molar-refractivity contribution in [2.75, 3.05) is 0 Å². The van der Waals surface area contributed by atoms with Crippen molar-refractivity contribution in [1.82, 2.24) is 14.9 Å². The number of hydrogen-bond acceptors (Lipinski definition) is 4. The fourth-order valence-corrected chi connectivity index (χ4v) is 6.80. The van der Waals surface area contributed by atoms with E-state index in [0.29, 0.717) is 5.02 Å². The molecule has 5 heteroatoms. The van der Waals surface area contributed by atoms with Crippen LogP contribution in [0.15, 0.2) is 65.4 Å². The summed E-state index contributed by atoms with van der Waals surface area (Å²) in [4.78, 5) is 17.5. The zero-order chi connectivity index (χ0) is 29.1. The van der Waals surface area contributed by atoms with E-state index >= 15 is 0 Å². The Morgan fingerprint density at radius 3 is 2.41 bits per heavy atom. The van der Waals surface area contributed by atoms with Crippen LogP contribution in [0.25, 0.3) is 28.0 Å².